The first kappa shape index (κ1) is 23.3. The smallest absolute Gasteiger partial charge is 0.254 e. The third kappa shape index (κ3) is 5.27. The van der Waals surface area contributed by atoms with Crippen LogP contribution in [0.1, 0.15) is 34.5 Å². The number of amides is 1. The lowest BCUT2D eigenvalue weighted by atomic mass is 10.0. The van der Waals surface area contributed by atoms with Crippen LogP contribution in [0.3, 0.4) is 0 Å². The summed E-state index contributed by atoms with van der Waals surface area (Å²) in [6, 6.07) is 26.8. The van der Waals surface area contributed by atoms with Crippen LogP contribution in [0.15, 0.2) is 94.6 Å². The minimum Gasteiger partial charge on any atom is -0.493 e. The molecule has 3 aromatic carbocycles. The van der Waals surface area contributed by atoms with Crippen molar-refractivity contribution in [2.45, 2.75) is 18.9 Å². The minimum atomic E-state index is -0.396. The summed E-state index contributed by atoms with van der Waals surface area (Å²) in [5.41, 5.74) is 3.47. The Labute approximate surface area is 209 Å². The molecule has 5 rings (SSSR count). The Morgan fingerprint density at radius 3 is 2.42 bits per heavy atom. The number of nitrogens with zero attached hydrogens (tertiary/aromatic N) is 4. The van der Waals surface area contributed by atoms with Crippen LogP contribution in [0, 0.1) is 0 Å². The Morgan fingerprint density at radius 1 is 1.00 bits per heavy atom. The Balaban J connectivity index is 1.30. The molecular weight excluding hydrogens is 456 g/mol. The molecule has 4 aromatic rings. The Kier molecular flexibility index (Phi) is 7.02. The Bertz CT molecular complexity index is 1320. The van der Waals surface area contributed by atoms with Gasteiger partial charge in [0, 0.05) is 12.0 Å². The van der Waals surface area contributed by atoms with Crippen LogP contribution >= 0.6 is 0 Å². The van der Waals surface area contributed by atoms with Gasteiger partial charge in [0.05, 0.1) is 25.3 Å². The molecule has 0 bridgehead atoms. The van der Waals surface area contributed by atoms with Crippen molar-refractivity contribution in [1.29, 1.82) is 0 Å². The molecule has 1 aromatic heterocycles. The number of aromatic nitrogens is 2. The third-order valence-electron chi connectivity index (χ3n) is 5.99. The summed E-state index contributed by atoms with van der Waals surface area (Å²) in [5.74, 6) is 1.56. The van der Waals surface area contributed by atoms with Crippen molar-refractivity contribution in [3.05, 3.63) is 102 Å². The number of benzene rings is 3. The fourth-order valence-electron chi connectivity index (χ4n) is 4.22. The van der Waals surface area contributed by atoms with Crippen LogP contribution in [-0.4, -0.2) is 46.9 Å². The number of ether oxygens (including phenoxy) is 1. The largest absolute Gasteiger partial charge is 0.493 e. The number of likely N-dealkylation sites (tertiary alicyclic amines) is 1. The number of hydrogen-bond acceptors (Lipinski definition) is 7. The predicted octanol–water partition coefficient (Wildman–Crippen LogP) is 4.95. The molecule has 1 aliphatic heterocycles. The van der Waals surface area contributed by atoms with Gasteiger partial charge in [-0.1, -0.05) is 71.0 Å². The molecular formula is C28H26N4O4. The van der Waals surface area contributed by atoms with Crippen molar-refractivity contribution < 1.29 is 18.9 Å². The highest BCUT2D eigenvalue weighted by atomic mass is 16.6. The van der Waals surface area contributed by atoms with Crippen LogP contribution in [0.4, 0.5) is 0 Å². The molecule has 0 saturated carbocycles. The molecule has 1 aliphatic rings. The fourth-order valence-corrected chi connectivity index (χ4v) is 4.22. The van der Waals surface area contributed by atoms with Crippen molar-refractivity contribution in [2.75, 3.05) is 20.3 Å². The standard InChI is InChI=1S/C28H26N4O4/c1-34-30-23-18-25(27-29-26(36-31-27)16-17-35-24-10-6-3-7-11-24)32(19-23)28(33)22-14-12-21(13-15-22)20-8-4-2-5-9-20/h2-15,25H,16-19H2,1H3. The van der Waals surface area contributed by atoms with Crippen LogP contribution in [0.5, 0.6) is 5.75 Å². The topological polar surface area (TPSA) is 90.1 Å². The van der Waals surface area contributed by atoms with E-state index >= 15 is 0 Å². The second-order valence-electron chi connectivity index (χ2n) is 8.39. The summed E-state index contributed by atoms with van der Waals surface area (Å²) >= 11 is 0. The van der Waals surface area contributed by atoms with Crippen molar-refractivity contribution in [3.8, 4) is 16.9 Å². The highest BCUT2D eigenvalue weighted by molar-refractivity contribution is 6.00. The number of carbonyl (C=O) groups excluding carboxylic acids is 1. The lowest BCUT2D eigenvalue weighted by molar-refractivity contribution is 0.0732. The summed E-state index contributed by atoms with van der Waals surface area (Å²) in [4.78, 5) is 24.7. The summed E-state index contributed by atoms with van der Waals surface area (Å²) in [6.45, 7) is 0.738. The number of oxime groups is 1. The average Bonchev–Trinajstić information content (AvgIpc) is 3.57. The van der Waals surface area contributed by atoms with E-state index in [0.717, 1.165) is 22.6 Å². The Morgan fingerprint density at radius 2 is 1.69 bits per heavy atom. The summed E-state index contributed by atoms with van der Waals surface area (Å²) in [5, 5.41) is 8.25. The van der Waals surface area contributed by atoms with E-state index in [2.05, 4.69) is 15.3 Å². The maximum Gasteiger partial charge on any atom is 0.254 e. The molecule has 1 amide bonds. The van der Waals surface area contributed by atoms with Gasteiger partial charge in [-0.25, -0.2) is 0 Å². The van der Waals surface area contributed by atoms with Crippen LogP contribution in [0.2, 0.25) is 0 Å². The molecule has 1 atom stereocenters. The molecule has 1 saturated heterocycles. The predicted molar refractivity (Wildman–Crippen MR) is 135 cm³/mol. The first-order valence-electron chi connectivity index (χ1n) is 11.8. The van der Waals surface area contributed by atoms with Gasteiger partial charge < -0.3 is 19.0 Å². The summed E-state index contributed by atoms with van der Waals surface area (Å²) in [6.07, 6.45) is 0.934. The van der Waals surface area contributed by atoms with E-state index in [1.54, 1.807) is 4.90 Å². The maximum absolute atomic E-state index is 13.5. The SMILES string of the molecule is CON=C1CC(c2noc(CCOc3ccccc3)n2)N(C(=O)c2ccc(-c3ccccc3)cc2)C1. The zero-order valence-electron chi connectivity index (χ0n) is 19.9. The number of rotatable bonds is 8. The number of carbonyl (C=O) groups is 1. The third-order valence-corrected chi connectivity index (χ3v) is 5.99. The van der Waals surface area contributed by atoms with Crippen molar-refractivity contribution in [1.82, 2.24) is 15.0 Å². The van der Waals surface area contributed by atoms with Gasteiger partial charge in [-0.15, -0.1) is 0 Å². The zero-order valence-corrected chi connectivity index (χ0v) is 19.9. The van der Waals surface area contributed by atoms with Gasteiger partial charge in [-0.3, -0.25) is 4.79 Å². The van der Waals surface area contributed by atoms with Crippen molar-refractivity contribution in [3.63, 3.8) is 0 Å². The highest BCUT2D eigenvalue weighted by Gasteiger charge is 2.37. The average molecular weight is 483 g/mol. The van der Waals surface area contributed by atoms with E-state index < -0.39 is 6.04 Å². The lowest BCUT2D eigenvalue weighted by Crippen LogP contribution is -2.31. The van der Waals surface area contributed by atoms with Gasteiger partial charge >= 0.3 is 0 Å². The van der Waals surface area contributed by atoms with Gasteiger partial charge in [0.2, 0.25) is 5.89 Å². The summed E-state index contributed by atoms with van der Waals surface area (Å²) < 4.78 is 11.2. The van der Waals surface area contributed by atoms with E-state index in [1.165, 1.54) is 7.11 Å². The Hall–Kier alpha value is -4.46. The van der Waals surface area contributed by atoms with Crippen molar-refractivity contribution in [2.24, 2.45) is 5.16 Å². The van der Waals surface area contributed by atoms with Gasteiger partial charge in [-0.2, -0.15) is 4.98 Å². The van der Waals surface area contributed by atoms with E-state index in [-0.39, 0.29) is 5.91 Å². The van der Waals surface area contributed by atoms with Gasteiger partial charge in [-0.05, 0) is 35.4 Å². The molecule has 0 spiro atoms. The van der Waals surface area contributed by atoms with Gasteiger partial charge in [0.1, 0.15) is 18.9 Å². The van der Waals surface area contributed by atoms with Gasteiger partial charge in [0.15, 0.2) is 5.82 Å². The van der Waals surface area contributed by atoms with Crippen LogP contribution < -0.4 is 4.74 Å². The van der Waals surface area contributed by atoms with E-state index in [1.807, 2.05) is 84.9 Å². The fraction of sp³-hybridized carbons (Fsp3) is 0.214. The maximum atomic E-state index is 13.5. The second-order valence-corrected chi connectivity index (χ2v) is 8.39. The van der Waals surface area contributed by atoms with E-state index in [4.69, 9.17) is 14.1 Å². The molecule has 1 unspecified atom stereocenters. The molecule has 36 heavy (non-hydrogen) atoms. The normalized spacial score (nSPS) is 16.3. The molecule has 1 fully saturated rings. The second kappa shape index (κ2) is 10.9. The zero-order chi connectivity index (χ0) is 24.7. The van der Waals surface area contributed by atoms with E-state index in [0.29, 0.717) is 43.3 Å². The molecule has 0 N–H and O–H groups in total. The molecule has 8 heteroatoms. The quantitative estimate of drug-likeness (QED) is 0.330. The molecule has 0 radical (unpaired) electrons. The first-order chi connectivity index (χ1) is 17.7. The molecule has 0 aliphatic carbocycles. The number of para-hydroxylation sites is 1. The van der Waals surface area contributed by atoms with Crippen molar-refractivity contribution >= 4 is 11.6 Å². The molecule has 182 valence electrons. The monoisotopic (exact) mass is 482 g/mol. The van der Waals surface area contributed by atoms with E-state index in [9.17, 15) is 4.79 Å². The summed E-state index contributed by atoms with van der Waals surface area (Å²) in [7, 11) is 1.49. The lowest BCUT2D eigenvalue weighted by Gasteiger charge is -2.21. The van der Waals surface area contributed by atoms with Gasteiger partial charge in [0.25, 0.3) is 5.91 Å². The minimum absolute atomic E-state index is 0.125. The molecule has 8 nitrogen and oxygen atoms in total. The highest BCUT2D eigenvalue weighted by Crippen LogP contribution is 2.31. The number of hydrogen-bond donors (Lipinski definition) is 0. The van der Waals surface area contributed by atoms with Crippen LogP contribution in [0.25, 0.3) is 11.1 Å². The van der Waals surface area contributed by atoms with Crippen LogP contribution in [-0.2, 0) is 11.3 Å². The first-order valence-corrected chi connectivity index (χ1v) is 11.8. The molecule has 2 heterocycles.